The summed E-state index contributed by atoms with van der Waals surface area (Å²) in [5, 5.41) is 14.8. The SMILES string of the molecule is CC(NC(=O)NCc1nc2ccccc2s1)c1nnc2ccccn12. The number of hydrogen-bond acceptors (Lipinski definition) is 5. The van der Waals surface area contributed by atoms with Crippen molar-refractivity contribution in [3.8, 4) is 0 Å². The van der Waals surface area contributed by atoms with Crippen LogP contribution in [0.2, 0.25) is 0 Å². The summed E-state index contributed by atoms with van der Waals surface area (Å²) in [5.74, 6) is 0.686. The summed E-state index contributed by atoms with van der Waals surface area (Å²) in [5.41, 5.74) is 1.70. The van der Waals surface area contributed by atoms with Gasteiger partial charge in [0, 0.05) is 6.20 Å². The highest BCUT2D eigenvalue weighted by molar-refractivity contribution is 7.18. The minimum absolute atomic E-state index is 0.264. The zero-order valence-electron chi connectivity index (χ0n) is 13.5. The van der Waals surface area contributed by atoms with Crippen molar-refractivity contribution in [2.24, 2.45) is 0 Å². The third kappa shape index (κ3) is 3.16. The van der Waals surface area contributed by atoms with Crippen molar-refractivity contribution in [3.63, 3.8) is 0 Å². The van der Waals surface area contributed by atoms with Crippen LogP contribution in [0.3, 0.4) is 0 Å². The van der Waals surface area contributed by atoms with Gasteiger partial charge in [0.1, 0.15) is 5.01 Å². The molecule has 4 aromatic rings. The lowest BCUT2D eigenvalue weighted by Gasteiger charge is -2.12. The summed E-state index contributed by atoms with van der Waals surface area (Å²) in [7, 11) is 0. The van der Waals surface area contributed by atoms with E-state index >= 15 is 0 Å². The lowest BCUT2D eigenvalue weighted by atomic mass is 10.3. The van der Waals surface area contributed by atoms with Gasteiger partial charge >= 0.3 is 6.03 Å². The zero-order valence-corrected chi connectivity index (χ0v) is 14.3. The van der Waals surface area contributed by atoms with Crippen molar-refractivity contribution in [2.75, 3.05) is 0 Å². The summed E-state index contributed by atoms with van der Waals surface area (Å²) in [6, 6.07) is 13.1. The summed E-state index contributed by atoms with van der Waals surface area (Å²) < 4.78 is 2.97. The first kappa shape index (κ1) is 15.5. The Morgan fingerprint density at radius 1 is 1.20 bits per heavy atom. The molecular weight excluding hydrogens is 336 g/mol. The molecule has 7 nitrogen and oxygen atoms in total. The number of rotatable bonds is 4. The number of para-hydroxylation sites is 1. The smallest absolute Gasteiger partial charge is 0.315 e. The number of nitrogens with zero attached hydrogens (tertiary/aromatic N) is 4. The summed E-state index contributed by atoms with van der Waals surface area (Å²) in [6.45, 7) is 2.26. The van der Waals surface area contributed by atoms with Gasteiger partial charge < -0.3 is 10.6 Å². The van der Waals surface area contributed by atoms with Crippen molar-refractivity contribution >= 4 is 33.2 Å². The third-order valence-corrected chi connectivity index (χ3v) is 4.85. The maximum absolute atomic E-state index is 12.2. The average Bonchev–Trinajstić information content (AvgIpc) is 3.23. The molecule has 0 spiro atoms. The third-order valence-electron chi connectivity index (χ3n) is 3.81. The largest absolute Gasteiger partial charge is 0.332 e. The second-order valence-electron chi connectivity index (χ2n) is 5.61. The van der Waals surface area contributed by atoms with Gasteiger partial charge in [-0.25, -0.2) is 9.78 Å². The van der Waals surface area contributed by atoms with Crippen molar-refractivity contribution in [1.82, 2.24) is 30.2 Å². The molecule has 3 heterocycles. The number of thiazole rings is 1. The molecule has 0 saturated heterocycles. The van der Waals surface area contributed by atoms with Crippen LogP contribution in [-0.4, -0.2) is 25.6 Å². The Morgan fingerprint density at radius 3 is 2.92 bits per heavy atom. The molecule has 25 heavy (non-hydrogen) atoms. The van der Waals surface area contributed by atoms with Crippen molar-refractivity contribution in [2.45, 2.75) is 19.5 Å². The molecule has 3 aromatic heterocycles. The standard InChI is InChI=1S/C17H16N6OS/c1-11(16-22-21-14-8-4-5-9-23(14)16)19-17(24)18-10-15-20-12-6-2-3-7-13(12)25-15/h2-9,11H,10H2,1H3,(H2,18,19,24). The van der Waals surface area contributed by atoms with E-state index in [1.54, 1.807) is 11.3 Å². The maximum Gasteiger partial charge on any atom is 0.315 e. The maximum atomic E-state index is 12.2. The molecule has 0 aliphatic heterocycles. The number of pyridine rings is 1. The molecule has 0 aliphatic rings. The molecule has 0 radical (unpaired) electrons. The second-order valence-corrected chi connectivity index (χ2v) is 6.73. The van der Waals surface area contributed by atoms with Gasteiger partial charge in [-0.1, -0.05) is 18.2 Å². The van der Waals surface area contributed by atoms with Gasteiger partial charge in [-0.15, -0.1) is 21.5 Å². The van der Waals surface area contributed by atoms with E-state index in [-0.39, 0.29) is 12.1 Å². The average molecular weight is 352 g/mol. The zero-order chi connectivity index (χ0) is 17.2. The topological polar surface area (TPSA) is 84.2 Å². The number of nitrogens with one attached hydrogen (secondary N) is 2. The number of benzene rings is 1. The van der Waals surface area contributed by atoms with E-state index in [1.807, 2.05) is 60.0 Å². The highest BCUT2D eigenvalue weighted by Crippen LogP contribution is 2.21. The van der Waals surface area contributed by atoms with E-state index in [0.29, 0.717) is 12.4 Å². The van der Waals surface area contributed by atoms with Crippen LogP contribution < -0.4 is 10.6 Å². The van der Waals surface area contributed by atoms with E-state index in [9.17, 15) is 4.79 Å². The molecule has 2 N–H and O–H groups in total. The number of carbonyl (C=O) groups is 1. The van der Waals surface area contributed by atoms with E-state index in [2.05, 4.69) is 25.8 Å². The molecule has 0 fully saturated rings. The Bertz CT molecular complexity index is 1010. The molecular formula is C17H16N6OS. The highest BCUT2D eigenvalue weighted by Gasteiger charge is 2.15. The molecule has 0 bridgehead atoms. The molecule has 1 unspecified atom stereocenters. The number of amides is 2. The molecule has 126 valence electrons. The predicted octanol–water partition coefficient (Wildman–Crippen LogP) is 2.90. The lowest BCUT2D eigenvalue weighted by Crippen LogP contribution is -2.37. The fraction of sp³-hybridized carbons (Fsp3) is 0.176. The Morgan fingerprint density at radius 2 is 2.04 bits per heavy atom. The quantitative estimate of drug-likeness (QED) is 0.591. The van der Waals surface area contributed by atoms with Crippen molar-refractivity contribution in [3.05, 3.63) is 59.5 Å². The van der Waals surface area contributed by atoms with Crippen LogP contribution in [0.25, 0.3) is 15.9 Å². The number of fused-ring (bicyclic) bond motifs is 2. The van der Waals surface area contributed by atoms with E-state index in [4.69, 9.17) is 0 Å². The Labute approximate surface area is 147 Å². The van der Waals surface area contributed by atoms with Gasteiger partial charge in [-0.2, -0.15) is 0 Å². The van der Waals surface area contributed by atoms with Gasteiger partial charge in [-0.05, 0) is 31.2 Å². The highest BCUT2D eigenvalue weighted by atomic mass is 32.1. The van der Waals surface area contributed by atoms with Gasteiger partial charge in [0.05, 0.1) is 22.8 Å². The van der Waals surface area contributed by atoms with E-state index in [0.717, 1.165) is 20.9 Å². The minimum atomic E-state index is -0.271. The van der Waals surface area contributed by atoms with Gasteiger partial charge in [0.2, 0.25) is 0 Å². The molecule has 4 rings (SSSR count). The molecule has 1 aromatic carbocycles. The Balaban J connectivity index is 1.39. The van der Waals surface area contributed by atoms with Crippen LogP contribution in [-0.2, 0) is 6.54 Å². The van der Waals surface area contributed by atoms with Gasteiger partial charge in [-0.3, -0.25) is 4.40 Å². The normalized spacial score (nSPS) is 12.4. The Hall–Kier alpha value is -3.00. The summed E-state index contributed by atoms with van der Waals surface area (Å²) in [6.07, 6.45) is 1.88. The fourth-order valence-corrected chi connectivity index (χ4v) is 3.53. The number of aromatic nitrogens is 4. The van der Waals surface area contributed by atoms with Gasteiger partial charge in [0.25, 0.3) is 0 Å². The molecule has 0 saturated carbocycles. The van der Waals surface area contributed by atoms with E-state index in [1.165, 1.54) is 0 Å². The molecule has 8 heteroatoms. The van der Waals surface area contributed by atoms with Crippen molar-refractivity contribution in [1.29, 1.82) is 0 Å². The van der Waals surface area contributed by atoms with Crippen LogP contribution >= 0.6 is 11.3 Å². The number of carbonyl (C=O) groups excluding carboxylic acids is 1. The van der Waals surface area contributed by atoms with Crippen LogP contribution in [0.1, 0.15) is 23.8 Å². The Kier molecular flexibility index (Phi) is 4.02. The first-order valence-corrected chi connectivity index (χ1v) is 8.71. The first-order valence-electron chi connectivity index (χ1n) is 7.89. The summed E-state index contributed by atoms with van der Waals surface area (Å²) in [4.78, 5) is 16.7. The minimum Gasteiger partial charge on any atom is -0.332 e. The molecule has 2 amide bonds. The van der Waals surface area contributed by atoms with Crippen LogP contribution in [0, 0.1) is 0 Å². The molecule has 0 aliphatic carbocycles. The van der Waals surface area contributed by atoms with Crippen LogP contribution in [0.15, 0.2) is 48.7 Å². The fourth-order valence-electron chi connectivity index (χ4n) is 2.62. The van der Waals surface area contributed by atoms with Crippen LogP contribution in [0.5, 0.6) is 0 Å². The predicted molar refractivity (Wildman–Crippen MR) is 96.4 cm³/mol. The first-order chi connectivity index (χ1) is 12.2. The monoisotopic (exact) mass is 352 g/mol. The summed E-state index contributed by atoms with van der Waals surface area (Å²) >= 11 is 1.58. The van der Waals surface area contributed by atoms with Crippen molar-refractivity contribution < 1.29 is 4.79 Å². The second kappa shape index (κ2) is 6.48. The van der Waals surface area contributed by atoms with Gasteiger partial charge in [0.15, 0.2) is 11.5 Å². The lowest BCUT2D eigenvalue weighted by molar-refractivity contribution is 0.237. The van der Waals surface area contributed by atoms with E-state index < -0.39 is 0 Å². The number of urea groups is 1. The molecule has 1 atom stereocenters. The number of hydrogen-bond donors (Lipinski definition) is 2. The van der Waals surface area contributed by atoms with Crippen LogP contribution in [0.4, 0.5) is 4.79 Å².